The third-order valence-electron chi connectivity index (χ3n) is 4.81. The molecule has 1 atom stereocenters. The van der Waals surface area contributed by atoms with Crippen LogP contribution in [0.25, 0.3) is 0 Å². The summed E-state index contributed by atoms with van der Waals surface area (Å²) >= 11 is 0. The van der Waals surface area contributed by atoms with Crippen LogP contribution in [0.1, 0.15) is 48.1 Å². The van der Waals surface area contributed by atoms with Gasteiger partial charge in [0.15, 0.2) is 0 Å². The molecule has 5 heteroatoms. The van der Waals surface area contributed by atoms with Crippen LogP contribution in [0.15, 0.2) is 36.4 Å². The lowest BCUT2D eigenvalue weighted by molar-refractivity contribution is 0.0948. The number of anilines is 1. The second-order valence-electron chi connectivity index (χ2n) is 7.20. The molecular formula is C21H28N4O. The Labute approximate surface area is 155 Å². The van der Waals surface area contributed by atoms with Gasteiger partial charge in [0.1, 0.15) is 17.3 Å². The highest BCUT2D eigenvalue weighted by molar-refractivity contribution is 5.92. The highest BCUT2D eigenvalue weighted by Gasteiger charge is 2.19. The average molecular weight is 352 g/mol. The Bertz CT molecular complexity index is 732. The van der Waals surface area contributed by atoms with Crippen LogP contribution in [0.5, 0.6) is 0 Å². The lowest BCUT2D eigenvalue weighted by Crippen LogP contribution is -2.35. The standard InChI is InChI=1S/C21H28N4O/c1-16-8-7-13-25(15-16)20-14-19(23-17(2)24-20)21(26)22-12-6-11-18-9-4-3-5-10-18/h3-5,9-10,14,16H,6-8,11-13,15H2,1-2H3,(H,22,26). The quantitative estimate of drug-likeness (QED) is 0.810. The predicted octanol–water partition coefficient (Wildman–Crippen LogP) is 3.38. The Morgan fingerprint density at radius 1 is 1.27 bits per heavy atom. The van der Waals surface area contributed by atoms with Gasteiger partial charge in [0, 0.05) is 25.7 Å². The van der Waals surface area contributed by atoms with E-state index in [2.05, 4.69) is 39.2 Å². The molecule has 0 saturated carbocycles. The maximum Gasteiger partial charge on any atom is 0.270 e. The Balaban J connectivity index is 1.56. The molecule has 5 nitrogen and oxygen atoms in total. The van der Waals surface area contributed by atoms with Gasteiger partial charge < -0.3 is 10.2 Å². The van der Waals surface area contributed by atoms with Gasteiger partial charge in [-0.3, -0.25) is 4.79 Å². The fourth-order valence-electron chi connectivity index (χ4n) is 3.46. The number of hydrogen-bond acceptors (Lipinski definition) is 4. The summed E-state index contributed by atoms with van der Waals surface area (Å²) in [4.78, 5) is 23.6. The van der Waals surface area contributed by atoms with E-state index in [1.54, 1.807) is 0 Å². The van der Waals surface area contributed by atoms with Gasteiger partial charge in [-0.25, -0.2) is 9.97 Å². The molecule has 1 fully saturated rings. The maximum atomic E-state index is 12.5. The van der Waals surface area contributed by atoms with Crippen LogP contribution in [-0.2, 0) is 6.42 Å². The summed E-state index contributed by atoms with van der Waals surface area (Å²) in [5.74, 6) is 2.07. The number of amides is 1. The molecule has 1 aromatic heterocycles. The van der Waals surface area contributed by atoms with Crippen molar-refractivity contribution in [3.05, 3.63) is 53.5 Å². The summed E-state index contributed by atoms with van der Waals surface area (Å²) in [7, 11) is 0. The molecule has 1 aliphatic rings. The first-order valence-corrected chi connectivity index (χ1v) is 9.54. The first-order valence-electron chi connectivity index (χ1n) is 9.54. The van der Waals surface area contributed by atoms with Crippen molar-refractivity contribution in [1.29, 1.82) is 0 Å². The monoisotopic (exact) mass is 352 g/mol. The first kappa shape index (κ1) is 18.4. The Morgan fingerprint density at radius 2 is 2.08 bits per heavy atom. The molecule has 138 valence electrons. The molecule has 1 unspecified atom stereocenters. The van der Waals surface area contributed by atoms with E-state index in [-0.39, 0.29) is 5.91 Å². The van der Waals surface area contributed by atoms with E-state index in [1.165, 1.54) is 18.4 Å². The molecule has 0 bridgehead atoms. The summed E-state index contributed by atoms with van der Waals surface area (Å²) in [6, 6.07) is 12.2. The predicted molar refractivity (Wildman–Crippen MR) is 104 cm³/mol. The number of rotatable bonds is 6. The summed E-state index contributed by atoms with van der Waals surface area (Å²) < 4.78 is 0. The topological polar surface area (TPSA) is 58.1 Å². The molecule has 2 heterocycles. The summed E-state index contributed by atoms with van der Waals surface area (Å²) in [5, 5.41) is 2.99. The van der Waals surface area contributed by atoms with Crippen molar-refractivity contribution in [1.82, 2.24) is 15.3 Å². The van der Waals surface area contributed by atoms with Crippen molar-refractivity contribution < 1.29 is 4.79 Å². The summed E-state index contributed by atoms with van der Waals surface area (Å²) in [5.41, 5.74) is 1.76. The summed E-state index contributed by atoms with van der Waals surface area (Å²) in [6.45, 7) is 6.75. The minimum absolute atomic E-state index is 0.116. The highest BCUT2D eigenvalue weighted by atomic mass is 16.1. The van der Waals surface area contributed by atoms with Crippen LogP contribution in [0, 0.1) is 12.8 Å². The van der Waals surface area contributed by atoms with Crippen LogP contribution >= 0.6 is 0 Å². The van der Waals surface area contributed by atoms with Crippen LogP contribution in [0.4, 0.5) is 5.82 Å². The van der Waals surface area contributed by atoms with Crippen molar-refractivity contribution in [2.75, 3.05) is 24.5 Å². The van der Waals surface area contributed by atoms with E-state index in [9.17, 15) is 4.79 Å². The number of benzene rings is 1. The van der Waals surface area contributed by atoms with Gasteiger partial charge in [0.05, 0.1) is 0 Å². The number of hydrogen-bond donors (Lipinski definition) is 1. The molecule has 0 spiro atoms. The molecule has 1 amide bonds. The van der Waals surface area contributed by atoms with Crippen LogP contribution in [-0.4, -0.2) is 35.5 Å². The van der Waals surface area contributed by atoms with Crippen LogP contribution in [0.3, 0.4) is 0 Å². The molecule has 1 saturated heterocycles. The molecule has 1 N–H and O–H groups in total. The van der Waals surface area contributed by atoms with Crippen molar-refractivity contribution in [3.8, 4) is 0 Å². The van der Waals surface area contributed by atoms with Gasteiger partial charge in [-0.05, 0) is 44.1 Å². The molecule has 1 aliphatic heterocycles. The Kier molecular flexibility index (Phi) is 6.21. The van der Waals surface area contributed by atoms with Crippen molar-refractivity contribution in [3.63, 3.8) is 0 Å². The van der Waals surface area contributed by atoms with E-state index in [0.717, 1.165) is 31.7 Å². The second-order valence-corrected chi connectivity index (χ2v) is 7.20. The number of nitrogens with zero attached hydrogens (tertiary/aromatic N) is 3. The number of nitrogens with one attached hydrogen (secondary N) is 1. The lowest BCUT2D eigenvalue weighted by atomic mass is 10.0. The number of piperidine rings is 1. The van der Waals surface area contributed by atoms with Gasteiger partial charge >= 0.3 is 0 Å². The molecule has 26 heavy (non-hydrogen) atoms. The molecule has 0 radical (unpaired) electrons. The Morgan fingerprint density at radius 3 is 2.85 bits per heavy atom. The second kappa shape index (κ2) is 8.79. The number of aryl methyl sites for hydroxylation is 2. The fraction of sp³-hybridized carbons (Fsp3) is 0.476. The fourth-order valence-corrected chi connectivity index (χ4v) is 3.46. The van der Waals surface area contributed by atoms with Gasteiger partial charge in [0.2, 0.25) is 0 Å². The minimum Gasteiger partial charge on any atom is -0.356 e. The zero-order valence-corrected chi connectivity index (χ0v) is 15.7. The zero-order valence-electron chi connectivity index (χ0n) is 15.7. The van der Waals surface area contributed by atoms with Crippen LogP contribution < -0.4 is 10.2 Å². The third-order valence-corrected chi connectivity index (χ3v) is 4.81. The van der Waals surface area contributed by atoms with Crippen molar-refractivity contribution in [2.24, 2.45) is 5.92 Å². The third kappa shape index (κ3) is 5.04. The number of carbonyl (C=O) groups excluding carboxylic acids is 1. The van der Waals surface area contributed by atoms with Crippen molar-refractivity contribution in [2.45, 2.75) is 39.5 Å². The number of carbonyl (C=O) groups is 1. The van der Waals surface area contributed by atoms with E-state index in [4.69, 9.17) is 0 Å². The van der Waals surface area contributed by atoms with Gasteiger partial charge in [-0.2, -0.15) is 0 Å². The molecule has 1 aromatic carbocycles. The van der Waals surface area contributed by atoms with Gasteiger partial charge in [0.25, 0.3) is 5.91 Å². The molecule has 2 aromatic rings. The zero-order chi connectivity index (χ0) is 18.4. The average Bonchev–Trinajstić information content (AvgIpc) is 2.65. The smallest absolute Gasteiger partial charge is 0.270 e. The van der Waals surface area contributed by atoms with Crippen LogP contribution in [0.2, 0.25) is 0 Å². The molecule has 3 rings (SSSR count). The van der Waals surface area contributed by atoms with E-state index < -0.39 is 0 Å². The molecule has 0 aliphatic carbocycles. The summed E-state index contributed by atoms with van der Waals surface area (Å²) in [6.07, 6.45) is 4.30. The minimum atomic E-state index is -0.116. The van der Waals surface area contributed by atoms with Crippen molar-refractivity contribution >= 4 is 11.7 Å². The van der Waals surface area contributed by atoms with Gasteiger partial charge in [-0.1, -0.05) is 37.3 Å². The molecular weight excluding hydrogens is 324 g/mol. The lowest BCUT2D eigenvalue weighted by Gasteiger charge is -2.32. The first-order chi connectivity index (χ1) is 12.6. The Hall–Kier alpha value is -2.43. The maximum absolute atomic E-state index is 12.5. The van der Waals surface area contributed by atoms with E-state index >= 15 is 0 Å². The normalized spacial score (nSPS) is 17.2. The van der Waals surface area contributed by atoms with Gasteiger partial charge in [-0.15, -0.1) is 0 Å². The SMILES string of the molecule is Cc1nc(C(=O)NCCCc2ccccc2)cc(N2CCCC(C)C2)n1. The largest absolute Gasteiger partial charge is 0.356 e. The van der Waals surface area contributed by atoms with E-state index in [0.29, 0.717) is 24.0 Å². The van der Waals surface area contributed by atoms with E-state index in [1.807, 2.05) is 31.2 Å². The number of aromatic nitrogens is 2. The highest BCUT2D eigenvalue weighted by Crippen LogP contribution is 2.21.